The first kappa shape index (κ1) is 14.3. The number of pyridine rings is 1. The van der Waals surface area contributed by atoms with Gasteiger partial charge in [0.15, 0.2) is 0 Å². The summed E-state index contributed by atoms with van der Waals surface area (Å²) in [5, 5.41) is 11.6. The molecule has 3 rings (SSSR count). The molecule has 1 aliphatic rings. The second-order valence-electron chi connectivity index (χ2n) is 5.77. The maximum Gasteiger partial charge on any atom is 0.136 e. The maximum absolute atomic E-state index is 9.46. The third-order valence-electron chi connectivity index (χ3n) is 4.18. The minimum Gasteiger partial charge on any atom is -0.392 e. The number of anilines is 1. The number of nitrogens with zero attached hydrogens (tertiary/aromatic N) is 2. The fourth-order valence-electron chi connectivity index (χ4n) is 3.09. The van der Waals surface area contributed by atoms with Gasteiger partial charge in [0.2, 0.25) is 0 Å². The van der Waals surface area contributed by atoms with E-state index in [1.165, 1.54) is 6.42 Å². The SMILES string of the molecule is CN(CC1CCCOC1)c1ncc(CO)c2ccccc12. The normalized spacial score (nSPS) is 18.9. The van der Waals surface area contributed by atoms with Gasteiger partial charge >= 0.3 is 0 Å². The average Bonchev–Trinajstić information content (AvgIpc) is 2.54. The van der Waals surface area contributed by atoms with Crippen LogP contribution in [0.4, 0.5) is 5.82 Å². The van der Waals surface area contributed by atoms with Crippen LogP contribution in [-0.2, 0) is 11.3 Å². The maximum atomic E-state index is 9.46. The summed E-state index contributed by atoms with van der Waals surface area (Å²) in [6.07, 6.45) is 4.15. The molecule has 1 N–H and O–H groups in total. The summed E-state index contributed by atoms with van der Waals surface area (Å²) in [5.41, 5.74) is 0.878. The quantitative estimate of drug-likeness (QED) is 0.938. The molecule has 1 aliphatic heterocycles. The molecule has 1 unspecified atom stereocenters. The number of hydrogen-bond donors (Lipinski definition) is 1. The van der Waals surface area contributed by atoms with Crippen molar-refractivity contribution in [2.24, 2.45) is 5.92 Å². The van der Waals surface area contributed by atoms with Crippen LogP contribution in [0.2, 0.25) is 0 Å². The van der Waals surface area contributed by atoms with Gasteiger partial charge in [0.1, 0.15) is 5.82 Å². The summed E-state index contributed by atoms with van der Waals surface area (Å²) in [4.78, 5) is 6.78. The van der Waals surface area contributed by atoms with Crippen molar-refractivity contribution >= 4 is 16.6 Å². The second kappa shape index (κ2) is 6.41. The summed E-state index contributed by atoms with van der Waals surface area (Å²) in [6, 6.07) is 8.14. The van der Waals surface area contributed by atoms with Crippen LogP contribution < -0.4 is 4.90 Å². The van der Waals surface area contributed by atoms with Gasteiger partial charge in [-0.1, -0.05) is 24.3 Å². The molecule has 4 nitrogen and oxygen atoms in total. The molecule has 1 aromatic carbocycles. The van der Waals surface area contributed by atoms with Crippen molar-refractivity contribution in [3.8, 4) is 0 Å². The van der Waals surface area contributed by atoms with Crippen LogP contribution in [0.3, 0.4) is 0 Å². The van der Waals surface area contributed by atoms with Crippen molar-refractivity contribution in [1.29, 1.82) is 0 Å². The van der Waals surface area contributed by atoms with E-state index in [2.05, 4.69) is 23.0 Å². The van der Waals surface area contributed by atoms with Crippen molar-refractivity contribution in [2.75, 3.05) is 31.7 Å². The van der Waals surface area contributed by atoms with Crippen LogP contribution in [0.1, 0.15) is 18.4 Å². The fourth-order valence-corrected chi connectivity index (χ4v) is 3.09. The number of aliphatic hydroxyl groups excluding tert-OH is 1. The number of aromatic nitrogens is 1. The van der Waals surface area contributed by atoms with E-state index in [0.29, 0.717) is 5.92 Å². The first-order valence-corrected chi connectivity index (χ1v) is 7.56. The molecular weight excluding hydrogens is 264 g/mol. The van der Waals surface area contributed by atoms with E-state index in [9.17, 15) is 5.11 Å². The summed E-state index contributed by atoms with van der Waals surface area (Å²) in [6.45, 7) is 2.72. The Kier molecular flexibility index (Phi) is 4.36. The molecule has 112 valence electrons. The van der Waals surface area contributed by atoms with E-state index in [1.54, 1.807) is 6.20 Å². The molecule has 0 spiro atoms. The van der Waals surface area contributed by atoms with Crippen LogP contribution in [0, 0.1) is 5.92 Å². The lowest BCUT2D eigenvalue weighted by atomic mass is 10.0. The van der Waals surface area contributed by atoms with Crippen LogP contribution in [0.15, 0.2) is 30.5 Å². The van der Waals surface area contributed by atoms with Crippen molar-refractivity contribution in [2.45, 2.75) is 19.4 Å². The fraction of sp³-hybridized carbons (Fsp3) is 0.471. The zero-order valence-corrected chi connectivity index (χ0v) is 12.5. The molecule has 0 saturated carbocycles. The van der Waals surface area contributed by atoms with Crippen LogP contribution in [0.5, 0.6) is 0 Å². The number of rotatable bonds is 4. The predicted molar refractivity (Wildman–Crippen MR) is 84.5 cm³/mol. The van der Waals surface area contributed by atoms with Crippen molar-refractivity contribution in [3.05, 3.63) is 36.0 Å². The van der Waals surface area contributed by atoms with Crippen LogP contribution in [0.25, 0.3) is 10.8 Å². The van der Waals surface area contributed by atoms with Crippen LogP contribution in [-0.4, -0.2) is 36.9 Å². The van der Waals surface area contributed by atoms with E-state index in [1.807, 2.05) is 18.2 Å². The largest absolute Gasteiger partial charge is 0.392 e. The molecule has 1 saturated heterocycles. The Balaban J connectivity index is 1.89. The van der Waals surface area contributed by atoms with Crippen molar-refractivity contribution in [3.63, 3.8) is 0 Å². The van der Waals surface area contributed by atoms with Gasteiger partial charge in [-0.25, -0.2) is 4.98 Å². The van der Waals surface area contributed by atoms with Gasteiger partial charge in [0.05, 0.1) is 13.2 Å². The Hall–Kier alpha value is -1.65. The lowest BCUT2D eigenvalue weighted by Crippen LogP contribution is -2.31. The molecule has 1 fully saturated rings. The molecule has 2 aromatic rings. The molecular formula is C17H22N2O2. The lowest BCUT2D eigenvalue weighted by molar-refractivity contribution is 0.0576. The Labute approximate surface area is 125 Å². The first-order chi connectivity index (χ1) is 10.3. The molecule has 0 aliphatic carbocycles. The predicted octanol–water partition coefficient (Wildman–Crippen LogP) is 2.59. The monoisotopic (exact) mass is 286 g/mol. The molecule has 1 aromatic heterocycles. The molecule has 4 heteroatoms. The summed E-state index contributed by atoms with van der Waals surface area (Å²) < 4.78 is 5.56. The van der Waals surface area contributed by atoms with E-state index in [-0.39, 0.29) is 6.61 Å². The third kappa shape index (κ3) is 3.01. The Morgan fingerprint density at radius 1 is 1.33 bits per heavy atom. The van der Waals surface area contributed by atoms with Gasteiger partial charge in [-0.3, -0.25) is 0 Å². The topological polar surface area (TPSA) is 45.6 Å². The number of hydrogen-bond acceptors (Lipinski definition) is 4. The Bertz CT molecular complexity index is 609. The summed E-state index contributed by atoms with van der Waals surface area (Å²) in [5.74, 6) is 1.55. The third-order valence-corrected chi connectivity index (χ3v) is 4.18. The smallest absolute Gasteiger partial charge is 0.136 e. The number of fused-ring (bicyclic) bond motifs is 1. The Morgan fingerprint density at radius 2 is 2.14 bits per heavy atom. The van der Waals surface area contributed by atoms with Crippen molar-refractivity contribution in [1.82, 2.24) is 4.98 Å². The average molecular weight is 286 g/mol. The highest BCUT2D eigenvalue weighted by molar-refractivity contribution is 5.94. The zero-order chi connectivity index (χ0) is 14.7. The van der Waals surface area contributed by atoms with Gasteiger partial charge in [-0.05, 0) is 24.1 Å². The van der Waals surface area contributed by atoms with Crippen molar-refractivity contribution < 1.29 is 9.84 Å². The standard InChI is InChI=1S/C17H22N2O2/c1-19(10-13-5-4-8-21-12-13)17-16-7-3-2-6-15(16)14(11-20)9-18-17/h2-3,6-7,9,13,20H,4-5,8,10-12H2,1H3. The first-order valence-electron chi connectivity index (χ1n) is 7.56. The number of aliphatic hydroxyl groups is 1. The van der Waals surface area contributed by atoms with E-state index < -0.39 is 0 Å². The molecule has 2 heterocycles. The molecule has 0 bridgehead atoms. The molecule has 21 heavy (non-hydrogen) atoms. The summed E-state index contributed by atoms with van der Waals surface area (Å²) in [7, 11) is 2.09. The highest BCUT2D eigenvalue weighted by atomic mass is 16.5. The minimum atomic E-state index is 0.0218. The van der Waals surface area contributed by atoms with E-state index in [0.717, 1.165) is 48.3 Å². The minimum absolute atomic E-state index is 0.0218. The highest BCUT2D eigenvalue weighted by Crippen LogP contribution is 2.27. The zero-order valence-electron chi connectivity index (χ0n) is 12.5. The Morgan fingerprint density at radius 3 is 2.86 bits per heavy atom. The van der Waals surface area contributed by atoms with Crippen LogP contribution >= 0.6 is 0 Å². The molecule has 0 radical (unpaired) electrons. The number of ether oxygens (including phenoxy) is 1. The summed E-state index contributed by atoms with van der Waals surface area (Å²) >= 11 is 0. The van der Waals surface area contributed by atoms with E-state index in [4.69, 9.17) is 4.74 Å². The number of benzene rings is 1. The molecule has 1 atom stereocenters. The lowest BCUT2D eigenvalue weighted by Gasteiger charge is -2.28. The second-order valence-corrected chi connectivity index (χ2v) is 5.77. The highest BCUT2D eigenvalue weighted by Gasteiger charge is 2.18. The van der Waals surface area contributed by atoms with E-state index >= 15 is 0 Å². The molecule has 0 amide bonds. The van der Waals surface area contributed by atoms with Gasteiger partial charge < -0.3 is 14.7 Å². The van der Waals surface area contributed by atoms with Gasteiger partial charge in [0, 0.05) is 37.3 Å². The van der Waals surface area contributed by atoms with Gasteiger partial charge in [0.25, 0.3) is 0 Å². The van der Waals surface area contributed by atoms with Gasteiger partial charge in [-0.2, -0.15) is 0 Å². The van der Waals surface area contributed by atoms with Gasteiger partial charge in [-0.15, -0.1) is 0 Å².